The number of carbonyl (C=O) groups excluding carboxylic acids is 1. The zero-order valence-electron chi connectivity index (χ0n) is 10.7. The molecule has 2 atom stereocenters. The second kappa shape index (κ2) is 5.98. The van der Waals surface area contributed by atoms with Crippen LogP contribution in [0.15, 0.2) is 30.3 Å². The minimum absolute atomic E-state index is 0.0143. The standard InChI is InChI=1S/C14H20N2O2/c1-11(12-5-3-2-4-6-12)15-14(18)10-16-8-7-13(17)9-16/h2-6,11,13,17H,7-10H2,1H3,(H,15,18). The summed E-state index contributed by atoms with van der Waals surface area (Å²) < 4.78 is 0. The highest BCUT2D eigenvalue weighted by Crippen LogP contribution is 2.12. The van der Waals surface area contributed by atoms with Crippen molar-refractivity contribution in [2.45, 2.75) is 25.5 Å². The van der Waals surface area contributed by atoms with Gasteiger partial charge in [0.25, 0.3) is 0 Å². The lowest BCUT2D eigenvalue weighted by atomic mass is 10.1. The van der Waals surface area contributed by atoms with Gasteiger partial charge in [-0.25, -0.2) is 0 Å². The highest BCUT2D eigenvalue weighted by atomic mass is 16.3. The highest BCUT2D eigenvalue weighted by molar-refractivity contribution is 5.78. The van der Waals surface area contributed by atoms with E-state index < -0.39 is 0 Å². The SMILES string of the molecule is CC(NC(=O)CN1CCC(O)C1)c1ccccc1. The minimum atomic E-state index is -0.274. The van der Waals surface area contributed by atoms with Crippen molar-refractivity contribution in [1.82, 2.24) is 10.2 Å². The summed E-state index contributed by atoms with van der Waals surface area (Å²) in [5.74, 6) is 0.0143. The number of benzene rings is 1. The van der Waals surface area contributed by atoms with E-state index in [4.69, 9.17) is 0 Å². The van der Waals surface area contributed by atoms with Gasteiger partial charge in [-0.05, 0) is 18.9 Å². The first-order chi connectivity index (χ1) is 8.65. The summed E-state index contributed by atoms with van der Waals surface area (Å²) in [6.45, 7) is 3.75. The van der Waals surface area contributed by atoms with Crippen LogP contribution < -0.4 is 5.32 Å². The molecule has 0 spiro atoms. The fraction of sp³-hybridized carbons (Fsp3) is 0.500. The molecule has 0 aliphatic carbocycles. The van der Waals surface area contributed by atoms with Gasteiger partial charge in [-0.15, -0.1) is 0 Å². The Hall–Kier alpha value is -1.39. The summed E-state index contributed by atoms with van der Waals surface area (Å²) in [7, 11) is 0. The summed E-state index contributed by atoms with van der Waals surface area (Å²) in [5.41, 5.74) is 1.10. The van der Waals surface area contributed by atoms with E-state index in [0.29, 0.717) is 13.1 Å². The van der Waals surface area contributed by atoms with E-state index in [9.17, 15) is 9.90 Å². The molecule has 0 saturated carbocycles. The van der Waals surface area contributed by atoms with E-state index in [-0.39, 0.29) is 18.1 Å². The van der Waals surface area contributed by atoms with Crippen LogP contribution in [-0.4, -0.2) is 41.7 Å². The number of nitrogens with one attached hydrogen (secondary N) is 1. The van der Waals surface area contributed by atoms with Crippen LogP contribution in [0.5, 0.6) is 0 Å². The molecule has 1 aromatic carbocycles. The Bertz CT molecular complexity index is 394. The van der Waals surface area contributed by atoms with Crippen LogP contribution in [0.25, 0.3) is 0 Å². The summed E-state index contributed by atoms with van der Waals surface area (Å²) >= 11 is 0. The van der Waals surface area contributed by atoms with Gasteiger partial charge in [-0.3, -0.25) is 9.69 Å². The van der Waals surface area contributed by atoms with Gasteiger partial charge in [0.1, 0.15) is 0 Å². The van der Waals surface area contributed by atoms with Crippen LogP contribution in [0, 0.1) is 0 Å². The molecule has 1 amide bonds. The number of rotatable bonds is 4. The number of likely N-dealkylation sites (tertiary alicyclic amines) is 1. The van der Waals surface area contributed by atoms with Crippen molar-refractivity contribution in [3.63, 3.8) is 0 Å². The topological polar surface area (TPSA) is 52.6 Å². The Morgan fingerprint density at radius 2 is 2.22 bits per heavy atom. The van der Waals surface area contributed by atoms with E-state index in [1.165, 1.54) is 0 Å². The van der Waals surface area contributed by atoms with E-state index in [1.807, 2.05) is 42.2 Å². The lowest BCUT2D eigenvalue weighted by molar-refractivity contribution is -0.122. The third kappa shape index (κ3) is 3.55. The van der Waals surface area contributed by atoms with Gasteiger partial charge < -0.3 is 10.4 Å². The first-order valence-electron chi connectivity index (χ1n) is 6.40. The van der Waals surface area contributed by atoms with Crippen molar-refractivity contribution in [2.75, 3.05) is 19.6 Å². The third-order valence-corrected chi connectivity index (χ3v) is 3.29. The predicted octanol–water partition coefficient (Wildman–Crippen LogP) is 0.930. The molecule has 2 N–H and O–H groups in total. The number of aliphatic hydroxyl groups is 1. The van der Waals surface area contributed by atoms with Crippen LogP contribution in [0.3, 0.4) is 0 Å². The number of hydrogen-bond acceptors (Lipinski definition) is 3. The summed E-state index contributed by atoms with van der Waals surface area (Å²) in [4.78, 5) is 13.8. The van der Waals surface area contributed by atoms with Gasteiger partial charge in [0.15, 0.2) is 0 Å². The Balaban J connectivity index is 1.81. The van der Waals surface area contributed by atoms with E-state index >= 15 is 0 Å². The van der Waals surface area contributed by atoms with Crippen LogP contribution in [0.2, 0.25) is 0 Å². The maximum Gasteiger partial charge on any atom is 0.234 e. The zero-order chi connectivity index (χ0) is 13.0. The summed E-state index contributed by atoms with van der Waals surface area (Å²) in [5, 5.41) is 12.4. The molecular formula is C14H20N2O2. The molecule has 1 aromatic rings. The van der Waals surface area contributed by atoms with Crippen molar-refractivity contribution in [3.05, 3.63) is 35.9 Å². The summed E-state index contributed by atoms with van der Waals surface area (Å²) in [6, 6.07) is 9.92. The van der Waals surface area contributed by atoms with E-state index in [2.05, 4.69) is 5.32 Å². The maximum atomic E-state index is 11.9. The number of amides is 1. The summed E-state index contributed by atoms with van der Waals surface area (Å²) in [6.07, 6.45) is 0.492. The average molecular weight is 248 g/mol. The van der Waals surface area contributed by atoms with Crippen LogP contribution in [0.1, 0.15) is 24.9 Å². The molecule has 4 nitrogen and oxygen atoms in total. The second-order valence-corrected chi connectivity index (χ2v) is 4.88. The van der Waals surface area contributed by atoms with E-state index in [1.54, 1.807) is 0 Å². The molecule has 1 fully saturated rings. The maximum absolute atomic E-state index is 11.9. The molecule has 98 valence electrons. The lowest BCUT2D eigenvalue weighted by Crippen LogP contribution is -2.37. The smallest absolute Gasteiger partial charge is 0.234 e. The molecule has 0 radical (unpaired) electrons. The van der Waals surface area contributed by atoms with Crippen molar-refractivity contribution in [3.8, 4) is 0 Å². The molecule has 0 bridgehead atoms. The Morgan fingerprint density at radius 1 is 1.50 bits per heavy atom. The van der Waals surface area contributed by atoms with Crippen molar-refractivity contribution >= 4 is 5.91 Å². The lowest BCUT2D eigenvalue weighted by Gasteiger charge is -2.18. The van der Waals surface area contributed by atoms with E-state index in [0.717, 1.165) is 18.5 Å². The number of aliphatic hydroxyl groups excluding tert-OH is 1. The quantitative estimate of drug-likeness (QED) is 0.833. The van der Waals surface area contributed by atoms with Crippen LogP contribution in [0.4, 0.5) is 0 Å². The molecule has 2 rings (SSSR count). The molecule has 18 heavy (non-hydrogen) atoms. The number of nitrogens with zero attached hydrogens (tertiary/aromatic N) is 1. The normalized spacial score (nSPS) is 21.8. The fourth-order valence-corrected chi connectivity index (χ4v) is 2.27. The van der Waals surface area contributed by atoms with Crippen molar-refractivity contribution in [1.29, 1.82) is 0 Å². The van der Waals surface area contributed by atoms with Crippen LogP contribution in [-0.2, 0) is 4.79 Å². The first-order valence-corrected chi connectivity index (χ1v) is 6.40. The number of hydrogen-bond donors (Lipinski definition) is 2. The minimum Gasteiger partial charge on any atom is -0.392 e. The van der Waals surface area contributed by atoms with Gasteiger partial charge in [0.05, 0.1) is 18.7 Å². The molecular weight excluding hydrogens is 228 g/mol. The molecule has 1 heterocycles. The third-order valence-electron chi connectivity index (χ3n) is 3.29. The van der Waals surface area contributed by atoms with Gasteiger partial charge in [-0.1, -0.05) is 30.3 Å². The molecule has 1 saturated heterocycles. The zero-order valence-corrected chi connectivity index (χ0v) is 10.7. The van der Waals surface area contributed by atoms with Gasteiger partial charge in [0, 0.05) is 13.1 Å². The Labute approximate surface area is 108 Å². The Kier molecular flexibility index (Phi) is 4.33. The van der Waals surface area contributed by atoms with Gasteiger partial charge >= 0.3 is 0 Å². The molecule has 4 heteroatoms. The van der Waals surface area contributed by atoms with Crippen LogP contribution >= 0.6 is 0 Å². The molecule has 1 aliphatic heterocycles. The second-order valence-electron chi connectivity index (χ2n) is 4.88. The predicted molar refractivity (Wildman–Crippen MR) is 70.1 cm³/mol. The molecule has 0 aromatic heterocycles. The van der Waals surface area contributed by atoms with Gasteiger partial charge in [0.2, 0.25) is 5.91 Å². The average Bonchev–Trinajstić information content (AvgIpc) is 2.75. The highest BCUT2D eigenvalue weighted by Gasteiger charge is 2.22. The largest absolute Gasteiger partial charge is 0.392 e. The monoisotopic (exact) mass is 248 g/mol. The first kappa shape index (κ1) is 13.1. The fourth-order valence-electron chi connectivity index (χ4n) is 2.27. The van der Waals surface area contributed by atoms with Gasteiger partial charge in [-0.2, -0.15) is 0 Å². The Morgan fingerprint density at radius 3 is 2.83 bits per heavy atom. The number of β-amino-alcohol motifs (C(OH)–C–C–N with tert-alkyl or cyclic N) is 1. The number of carbonyl (C=O) groups is 1. The van der Waals surface area contributed by atoms with Crippen molar-refractivity contribution < 1.29 is 9.90 Å². The molecule has 2 unspecified atom stereocenters. The molecule has 1 aliphatic rings. The van der Waals surface area contributed by atoms with Crippen molar-refractivity contribution in [2.24, 2.45) is 0 Å².